The first kappa shape index (κ1) is 11.5. The zero-order chi connectivity index (χ0) is 12.6. The number of benzene rings is 1. The normalized spacial score (nSPS) is 10.5. The van der Waals surface area contributed by atoms with E-state index in [2.05, 4.69) is 10.3 Å². The number of aromatic amines is 1. The monoisotopic (exact) mass is 249 g/mol. The van der Waals surface area contributed by atoms with Crippen molar-refractivity contribution in [2.45, 2.75) is 13.8 Å². The minimum absolute atomic E-state index is 0.144. The second kappa shape index (κ2) is 4.14. The topological polar surface area (TPSA) is 66.9 Å². The maximum Gasteiger partial charge on any atom is 0.230 e. The Balaban J connectivity index is 2.61. The minimum atomic E-state index is -0.145. The molecule has 1 aromatic heterocycles. The summed E-state index contributed by atoms with van der Waals surface area (Å²) in [5, 5.41) is 2.67. The Labute approximate surface area is 102 Å². The van der Waals surface area contributed by atoms with Gasteiger partial charge >= 0.3 is 0 Å². The molecular formula is C11H11N3O2S. The van der Waals surface area contributed by atoms with Gasteiger partial charge in [0.15, 0.2) is 4.77 Å². The Bertz CT molecular complexity index is 669. The van der Waals surface area contributed by atoms with Gasteiger partial charge in [0, 0.05) is 19.5 Å². The smallest absolute Gasteiger partial charge is 0.230 e. The lowest BCUT2D eigenvalue weighted by atomic mass is 10.2. The molecule has 5 nitrogen and oxygen atoms in total. The van der Waals surface area contributed by atoms with Crippen molar-refractivity contribution in [3.8, 4) is 0 Å². The quantitative estimate of drug-likeness (QED) is 0.762. The molecule has 0 saturated carbocycles. The van der Waals surface area contributed by atoms with Gasteiger partial charge in [-0.1, -0.05) is 0 Å². The van der Waals surface area contributed by atoms with Crippen molar-refractivity contribution in [2.75, 3.05) is 5.32 Å². The van der Waals surface area contributed by atoms with Crippen LogP contribution in [0.5, 0.6) is 0 Å². The molecule has 0 aliphatic carbocycles. The number of rotatable bonds is 1. The fourth-order valence-corrected chi connectivity index (χ4v) is 2.04. The first-order chi connectivity index (χ1) is 7.99. The molecule has 0 bridgehead atoms. The minimum Gasteiger partial charge on any atom is -0.330 e. The molecule has 2 rings (SSSR count). The van der Waals surface area contributed by atoms with Crippen molar-refractivity contribution in [3.05, 3.63) is 23.0 Å². The lowest BCUT2D eigenvalue weighted by molar-refractivity contribution is -0.114. The first-order valence-electron chi connectivity index (χ1n) is 5.02. The molecule has 0 aliphatic heterocycles. The number of H-pyrrole nitrogens is 1. The maximum atomic E-state index is 11.4. The van der Waals surface area contributed by atoms with E-state index in [9.17, 15) is 9.59 Å². The molecule has 0 radical (unpaired) electrons. The van der Waals surface area contributed by atoms with E-state index in [-0.39, 0.29) is 11.8 Å². The SMILES string of the molecule is CC(=O)Nc1ccc2c(c1)[nH]c(=S)n2C(C)=O. The number of hydrogen-bond donors (Lipinski definition) is 2. The summed E-state index contributed by atoms with van der Waals surface area (Å²) in [6.07, 6.45) is 0. The van der Waals surface area contributed by atoms with Crippen LogP contribution in [0.25, 0.3) is 11.0 Å². The van der Waals surface area contributed by atoms with Crippen LogP contribution >= 0.6 is 12.2 Å². The number of carbonyl (C=O) groups excluding carboxylic acids is 2. The zero-order valence-electron chi connectivity index (χ0n) is 9.40. The van der Waals surface area contributed by atoms with Gasteiger partial charge in [-0.25, -0.2) is 0 Å². The van der Waals surface area contributed by atoms with Crippen molar-refractivity contribution in [1.82, 2.24) is 9.55 Å². The Hall–Kier alpha value is -1.95. The predicted molar refractivity (Wildman–Crippen MR) is 67.7 cm³/mol. The Kier molecular flexibility index (Phi) is 2.81. The highest BCUT2D eigenvalue weighted by Gasteiger charge is 2.08. The molecule has 0 unspecified atom stereocenters. The first-order valence-corrected chi connectivity index (χ1v) is 5.43. The lowest BCUT2D eigenvalue weighted by Crippen LogP contribution is -2.06. The van der Waals surface area contributed by atoms with Crippen LogP contribution in [0.15, 0.2) is 18.2 Å². The molecule has 2 N–H and O–H groups in total. The number of amides is 1. The number of hydrogen-bond acceptors (Lipinski definition) is 3. The molecule has 0 spiro atoms. The number of fused-ring (bicyclic) bond motifs is 1. The van der Waals surface area contributed by atoms with Crippen LogP contribution in [0.1, 0.15) is 18.6 Å². The molecule has 1 aromatic carbocycles. The fourth-order valence-electron chi connectivity index (χ4n) is 1.71. The molecule has 17 heavy (non-hydrogen) atoms. The van der Waals surface area contributed by atoms with Crippen LogP contribution in [0.2, 0.25) is 0 Å². The average Bonchev–Trinajstić information content (AvgIpc) is 2.51. The summed E-state index contributed by atoms with van der Waals surface area (Å²) in [5.74, 6) is -0.289. The van der Waals surface area contributed by atoms with Gasteiger partial charge in [-0.2, -0.15) is 0 Å². The molecule has 1 amide bonds. The van der Waals surface area contributed by atoms with Gasteiger partial charge in [0.05, 0.1) is 11.0 Å². The summed E-state index contributed by atoms with van der Waals surface area (Å²) in [6.45, 7) is 2.89. The highest BCUT2D eigenvalue weighted by atomic mass is 32.1. The largest absolute Gasteiger partial charge is 0.330 e. The molecule has 6 heteroatoms. The average molecular weight is 249 g/mol. The molecular weight excluding hydrogens is 238 g/mol. The third-order valence-corrected chi connectivity index (χ3v) is 2.60. The van der Waals surface area contributed by atoms with E-state index < -0.39 is 0 Å². The van der Waals surface area contributed by atoms with Crippen LogP contribution < -0.4 is 5.32 Å². The van der Waals surface area contributed by atoms with E-state index in [1.54, 1.807) is 18.2 Å². The van der Waals surface area contributed by atoms with Crippen molar-refractivity contribution >= 4 is 40.8 Å². The Morgan fingerprint density at radius 3 is 2.65 bits per heavy atom. The standard InChI is InChI=1S/C11H11N3O2S/c1-6(15)12-8-3-4-10-9(5-8)13-11(17)14(10)7(2)16/h3-5H,1-2H3,(H,12,15)(H,13,17). The number of carbonyl (C=O) groups is 2. The highest BCUT2D eigenvalue weighted by molar-refractivity contribution is 7.71. The van der Waals surface area contributed by atoms with E-state index in [0.29, 0.717) is 16.0 Å². The Morgan fingerprint density at radius 1 is 1.35 bits per heavy atom. The second-order valence-corrected chi connectivity index (χ2v) is 4.08. The summed E-state index contributed by atoms with van der Waals surface area (Å²) in [4.78, 5) is 25.3. The fraction of sp³-hybridized carbons (Fsp3) is 0.182. The van der Waals surface area contributed by atoms with Gasteiger partial charge < -0.3 is 10.3 Å². The number of anilines is 1. The van der Waals surface area contributed by atoms with Gasteiger partial charge in [0.2, 0.25) is 11.8 Å². The summed E-state index contributed by atoms with van der Waals surface area (Å²) in [6, 6.07) is 5.21. The molecule has 88 valence electrons. The Morgan fingerprint density at radius 2 is 2.06 bits per heavy atom. The second-order valence-electron chi connectivity index (χ2n) is 3.70. The number of imidazole rings is 1. The highest BCUT2D eigenvalue weighted by Crippen LogP contribution is 2.19. The molecule has 0 fully saturated rings. The van der Waals surface area contributed by atoms with Gasteiger partial charge in [-0.3, -0.25) is 14.2 Å². The van der Waals surface area contributed by atoms with Crippen LogP contribution in [0, 0.1) is 4.77 Å². The van der Waals surface area contributed by atoms with E-state index in [1.807, 2.05) is 0 Å². The summed E-state index contributed by atoms with van der Waals surface area (Å²) < 4.78 is 1.77. The third-order valence-electron chi connectivity index (χ3n) is 2.32. The maximum absolute atomic E-state index is 11.4. The van der Waals surface area contributed by atoms with Gasteiger partial charge in [0.1, 0.15) is 0 Å². The van der Waals surface area contributed by atoms with Crippen molar-refractivity contribution < 1.29 is 9.59 Å². The summed E-state index contributed by atoms with van der Waals surface area (Å²) >= 11 is 5.06. The number of nitrogens with zero attached hydrogens (tertiary/aromatic N) is 1. The predicted octanol–water partition coefficient (Wildman–Crippen LogP) is 2.32. The summed E-state index contributed by atoms with van der Waals surface area (Å²) in [7, 11) is 0. The lowest BCUT2D eigenvalue weighted by Gasteiger charge is -2.02. The van der Waals surface area contributed by atoms with E-state index in [1.165, 1.54) is 18.4 Å². The van der Waals surface area contributed by atoms with Crippen molar-refractivity contribution in [1.29, 1.82) is 0 Å². The van der Waals surface area contributed by atoms with Crippen LogP contribution in [0.4, 0.5) is 5.69 Å². The van der Waals surface area contributed by atoms with Crippen molar-refractivity contribution in [3.63, 3.8) is 0 Å². The molecule has 0 aliphatic rings. The zero-order valence-corrected chi connectivity index (χ0v) is 10.2. The van der Waals surface area contributed by atoms with Crippen LogP contribution in [-0.2, 0) is 4.79 Å². The molecule has 2 aromatic rings. The van der Waals surface area contributed by atoms with Gasteiger partial charge in [-0.05, 0) is 30.4 Å². The van der Waals surface area contributed by atoms with E-state index in [0.717, 1.165) is 5.52 Å². The van der Waals surface area contributed by atoms with Crippen molar-refractivity contribution in [2.24, 2.45) is 0 Å². The van der Waals surface area contributed by atoms with E-state index >= 15 is 0 Å². The molecule has 0 saturated heterocycles. The molecule has 0 atom stereocenters. The van der Waals surface area contributed by atoms with Gasteiger partial charge in [-0.15, -0.1) is 0 Å². The number of aromatic nitrogens is 2. The third kappa shape index (κ3) is 2.12. The number of nitrogens with one attached hydrogen (secondary N) is 2. The summed E-state index contributed by atoms with van der Waals surface area (Å²) in [5.41, 5.74) is 2.09. The molecule has 1 heterocycles. The van der Waals surface area contributed by atoms with Crippen LogP contribution in [0.3, 0.4) is 0 Å². The van der Waals surface area contributed by atoms with E-state index in [4.69, 9.17) is 12.2 Å². The van der Waals surface area contributed by atoms with Crippen LogP contribution in [-0.4, -0.2) is 21.4 Å². The van der Waals surface area contributed by atoms with Gasteiger partial charge in [0.25, 0.3) is 0 Å².